The number of thioether (sulfide) groups is 1. The van der Waals surface area contributed by atoms with E-state index >= 15 is 0 Å². The van der Waals surface area contributed by atoms with Gasteiger partial charge in [0.2, 0.25) is 0 Å². The zero-order valence-corrected chi connectivity index (χ0v) is 20.8. The normalized spacial score (nSPS) is 18.4. The number of amides is 1. The molecule has 0 radical (unpaired) electrons. The summed E-state index contributed by atoms with van der Waals surface area (Å²) in [5, 5.41) is 12.2. The average Bonchev–Trinajstić information content (AvgIpc) is 3.45. The number of nitrogens with zero attached hydrogens (tertiary/aromatic N) is 4. The molecular weight excluding hydrogens is 504 g/mol. The van der Waals surface area contributed by atoms with Crippen LogP contribution in [0.1, 0.15) is 5.76 Å². The van der Waals surface area contributed by atoms with Crippen molar-refractivity contribution in [3.05, 3.63) is 80.4 Å². The highest BCUT2D eigenvalue weighted by molar-refractivity contribution is 8.18. The summed E-state index contributed by atoms with van der Waals surface area (Å²) < 4.78 is 11.2. The first kappa shape index (κ1) is 24.1. The number of carbonyl (C=O) groups is 1. The zero-order chi connectivity index (χ0) is 25.2. The van der Waals surface area contributed by atoms with Crippen molar-refractivity contribution in [3.8, 4) is 11.3 Å². The van der Waals surface area contributed by atoms with Crippen molar-refractivity contribution in [1.82, 2.24) is 4.90 Å². The molecule has 1 aromatic heterocycles. The van der Waals surface area contributed by atoms with Crippen molar-refractivity contribution in [3.63, 3.8) is 0 Å². The molecule has 2 aromatic carbocycles. The van der Waals surface area contributed by atoms with Crippen LogP contribution in [-0.2, 0) is 9.53 Å². The fraction of sp³-hybridized carbons (Fsp3) is 0.200. The van der Waals surface area contributed by atoms with Crippen LogP contribution in [-0.4, -0.2) is 54.2 Å². The lowest BCUT2D eigenvalue weighted by Crippen LogP contribution is -2.36. The predicted octanol–water partition coefficient (Wildman–Crippen LogP) is 5.58. The minimum atomic E-state index is -0.511. The summed E-state index contributed by atoms with van der Waals surface area (Å²) in [4.78, 5) is 32.6. The van der Waals surface area contributed by atoms with E-state index in [2.05, 4.69) is 9.89 Å². The number of rotatable bonds is 5. The van der Waals surface area contributed by atoms with E-state index in [1.165, 1.54) is 28.8 Å². The molecule has 2 saturated heterocycles. The lowest BCUT2D eigenvalue weighted by molar-refractivity contribution is -0.384. The molecule has 0 aliphatic carbocycles. The van der Waals surface area contributed by atoms with E-state index < -0.39 is 4.92 Å². The molecule has 0 bridgehead atoms. The third-order valence-electron chi connectivity index (χ3n) is 5.78. The van der Waals surface area contributed by atoms with Crippen LogP contribution in [0.25, 0.3) is 17.4 Å². The third kappa shape index (κ3) is 5.01. The molecule has 0 N–H and O–H groups in total. The van der Waals surface area contributed by atoms with E-state index in [-0.39, 0.29) is 16.6 Å². The van der Waals surface area contributed by atoms with Crippen molar-refractivity contribution >= 4 is 57.6 Å². The highest BCUT2D eigenvalue weighted by Crippen LogP contribution is 2.36. The van der Waals surface area contributed by atoms with Gasteiger partial charge in [-0.3, -0.25) is 19.8 Å². The first-order valence-corrected chi connectivity index (χ1v) is 12.3. The fourth-order valence-corrected chi connectivity index (χ4v) is 5.02. The third-order valence-corrected chi connectivity index (χ3v) is 7.07. The molecule has 2 aliphatic heterocycles. The van der Waals surface area contributed by atoms with Gasteiger partial charge in [0.15, 0.2) is 5.17 Å². The Kier molecular flexibility index (Phi) is 6.82. The van der Waals surface area contributed by atoms with Crippen molar-refractivity contribution in [1.29, 1.82) is 0 Å². The smallest absolute Gasteiger partial charge is 0.281 e. The Hall–Kier alpha value is -3.60. The second-order valence-corrected chi connectivity index (χ2v) is 9.55. The van der Waals surface area contributed by atoms with Crippen LogP contribution in [0.3, 0.4) is 0 Å². The number of nitro groups is 1. The van der Waals surface area contributed by atoms with Crippen molar-refractivity contribution in [2.75, 3.05) is 38.3 Å². The number of furan rings is 1. The number of carbonyl (C=O) groups excluding carboxylic acids is 1. The van der Waals surface area contributed by atoms with Gasteiger partial charge >= 0.3 is 0 Å². The maximum absolute atomic E-state index is 12.8. The van der Waals surface area contributed by atoms with E-state index in [4.69, 9.17) is 20.8 Å². The summed E-state index contributed by atoms with van der Waals surface area (Å²) in [5.41, 5.74) is 2.00. The minimum Gasteiger partial charge on any atom is -0.456 e. The lowest BCUT2D eigenvalue weighted by atomic mass is 10.1. The molecule has 3 aromatic rings. The lowest BCUT2D eigenvalue weighted by Gasteiger charge is -2.28. The van der Waals surface area contributed by atoms with Gasteiger partial charge in [-0.1, -0.05) is 11.6 Å². The zero-order valence-electron chi connectivity index (χ0n) is 19.2. The van der Waals surface area contributed by atoms with Gasteiger partial charge in [-0.15, -0.1) is 0 Å². The summed E-state index contributed by atoms with van der Waals surface area (Å²) >= 11 is 7.14. The molecule has 11 heteroatoms. The number of ether oxygens (including phenoxy) is 1. The molecule has 0 unspecified atom stereocenters. The number of amidine groups is 1. The number of morpholine rings is 1. The van der Waals surface area contributed by atoms with Crippen LogP contribution in [0.2, 0.25) is 5.02 Å². The molecule has 9 nitrogen and oxygen atoms in total. The van der Waals surface area contributed by atoms with Gasteiger partial charge in [0.05, 0.1) is 34.3 Å². The Morgan fingerprint density at radius 2 is 1.86 bits per heavy atom. The van der Waals surface area contributed by atoms with E-state index in [0.29, 0.717) is 27.2 Å². The van der Waals surface area contributed by atoms with Gasteiger partial charge in [0.1, 0.15) is 11.5 Å². The van der Waals surface area contributed by atoms with Gasteiger partial charge in [0, 0.05) is 43.0 Å². The Morgan fingerprint density at radius 3 is 2.58 bits per heavy atom. The van der Waals surface area contributed by atoms with Gasteiger partial charge < -0.3 is 14.1 Å². The first-order chi connectivity index (χ1) is 17.4. The number of hydrogen-bond donors (Lipinski definition) is 0. The van der Waals surface area contributed by atoms with Crippen molar-refractivity contribution < 1.29 is 18.9 Å². The van der Waals surface area contributed by atoms with Crippen LogP contribution >= 0.6 is 23.4 Å². The van der Waals surface area contributed by atoms with Gasteiger partial charge in [-0.05, 0) is 60.3 Å². The highest BCUT2D eigenvalue weighted by Gasteiger charge is 2.31. The minimum absolute atomic E-state index is 0.156. The standard InChI is InChI=1S/C25H21ClN4O5S/c1-28-24(31)23(15-19-7-9-22(35-19)20-8-2-16(26)14-21(20)30(32)33)36-25(28)27-17-3-5-18(6-4-17)29-10-12-34-13-11-29/h2-9,14-15H,10-13H2,1H3/b23-15-,27-25?. The number of halogens is 1. The number of benzene rings is 2. The van der Waals surface area contributed by atoms with Crippen LogP contribution in [0.5, 0.6) is 0 Å². The monoisotopic (exact) mass is 524 g/mol. The Morgan fingerprint density at radius 1 is 1.11 bits per heavy atom. The van der Waals surface area contributed by atoms with E-state index in [0.717, 1.165) is 37.7 Å². The van der Waals surface area contributed by atoms with Gasteiger partial charge in [-0.2, -0.15) is 0 Å². The maximum atomic E-state index is 12.8. The number of aliphatic imine (C=N–C) groups is 1. The molecule has 5 rings (SSSR count). The molecule has 0 atom stereocenters. The largest absolute Gasteiger partial charge is 0.456 e. The SMILES string of the molecule is CN1C(=O)/C(=C/c2ccc(-c3ccc(Cl)cc3[N+](=O)[O-])o2)SC1=Nc1ccc(N2CCOCC2)cc1. The topological polar surface area (TPSA) is 101 Å². The number of nitro benzene ring substituents is 1. The molecule has 2 fully saturated rings. The molecule has 1 amide bonds. The Labute approximate surface area is 216 Å². The van der Waals surface area contributed by atoms with Crippen LogP contribution in [0.4, 0.5) is 17.1 Å². The van der Waals surface area contributed by atoms with Crippen molar-refractivity contribution in [2.45, 2.75) is 0 Å². The Bertz CT molecular complexity index is 1380. The second kappa shape index (κ2) is 10.2. The van der Waals surface area contributed by atoms with Gasteiger partial charge in [-0.25, -0.2) is 4.99 Å². The van der Waals surface area contributed by atoms with Crippen LogP contribution < -0.4 is 4.90 Å². The number of anilines is 1. The summed E-state index contributed by atoms with van der Waals surface area (Å²) in [7, 11) is 1.67. The molecule has 0 spiro atoms. The Balaban J connectivity index is 1.35. The quantitative estimate of drug-likeness (QED) is 0.244. The van der Waals surface area contributed by atoms with Crippen LogP contribution in [0, 0.1) is 10.1 Å². The van der Waals surface area contributed by atoms with Crippen LogP contribution in [0.15, 0.2) is 68.9 Å². The maximum Gasteiger partial charge on any atom is 0.281 e. The number of likely N-dealkylation sites (N-methyl/N-ethyl adjacent to an activating group) is 1. The summed E-state index contributed by atoms with van der Waals surface area (Å²) in [5.74, 6) is 0.497. The summed E-state index contributed by atoms with van der Waals surface area (Å²) in [6, 6.07) is 15.5. The molecule has 2 aliphatic rings. The van der Waals surface area contributed by atoms with Gasteiger partial charge in [0.25, 0.3) is 11.6 Å². The average molecular weight is 525 g/mol. The molecule has 0 saturated carbocycles. The molecule has 36 heavy (non-hydrogen) atoms. The summed E-state index contributed by atoms with van der Waals surface area (Å²) in [6.07, 6.45) is 1.61. The van der Waals surface area contributed by atoms with E-state index in [1.807, 2.05) is 24.3 Å². The summed E-state index contributed by atoms with van der Waals surface area (Å²) in [6.45, 7) is 3.15. The predicted molar refractivity (Wildman–Crippen MR) is 141 cm³/mol. The molecule has 184 valence electrons. The fourth-order valence-electron chi connectivity index (χ4n) is 3.89. The van der Waals surface area contributed by atoms with E-state index in [9.17, 15) is 14.9 Å². The first-order valence-electron chi connectivity index (χ1n) is 11.1. The molecular formula is C25H21ClN4O5S. The number of hydrogen-bond acceptors (Lipinski definition) is 8. The second-order valence-electron chi connectivity index (χ2n) is 8.11. The highest BCUT2D eigenvalue weighted by atomic mass is 35.5. The molecule has 3 heterocycles. The van der Waals surface area contributed by atoms with Crippen molar-refractivity contribution in [2.24, 2.45) is 4.99 Å². The van der Waals surface area contributed by atoms with E-state index in [1.54, 1.807) is 31.3 Å².